The van der Waals surface area contributed by atoms with Gasteiger partial charge in [-0.3, -0.25) is 0 Å². The summed E-state index contributed by atoms with van der Waals surface area (Å²) in [5.74, 6) is 0. The number of benzene rings is 1. The van der Waals surface area contributed by atoms with E-state index in [9.17, 15) is 13.2 Å². The number of nitrogens with zero attached hydrogens (tertiary/aromatic N) is 2. The van der Waals surface area contributed by atoms with Gasteiger partial charge in [0.15, 0.2) is 16.2 Å². The van der Waals surface area contributed by atoms with Gasteiger partial charge in [0.2, 0.25) is 0 Å². The van der Waals surface area contributed by atoms with E-state index in [-0.39, 0.29) is 6.04 Å². The fraction of sp³-hybridized carbons (Fsp3) is 0.500. The summed E-state index contributed by atoms with van der Waals surface area (Å²) >= 11 is 0. The average Bonchev–Trinajstić information content (AvgIpc) is 2.79. The Morgan fingerprint density at radius 1 is 1.35 bits per heavy atom. The maximum atomic E-state index is 10.7. The minimum atomic E-state index is -6.09. The molecule has 0 aromatic heterocycles. The van der Waals surface area contributed by atoms with Crippen LogP contribution in [0.25, 0.3) is 0 Å². The zero-order valence-corrected chi connectivity index (χ0v) is 13.3. The second-order valence-electron chi connectivity index (χ2n) is 5.53. The first-order valence-electron chi connectivity index (χ1n) is 6.79. The molecule has 0 spiro atoms. The predicted molar refractivity (Wildman–Crippen MR) is 75.6 cm³/mol. The average molecular weight is 350 g/mol. The van der Waals surface area contributed by atoms with Crippen molar-refractivity contribution in [2.75, 3.05) is 13.6 Å². The number of alkyl halides is 3. The molecular formula is C14H17F3N2O3S. The zero-order valence-electron chi connectivity index (χ0n) is 12.5. The molecule has 1 fully saturated rings. The smallest absolute Gasteiger partial charge is 0.485 e. The number of hydrogen-bond donors (Lipinski definition) is 0. The first-order valence-corrected chi connectivity index (χ1v) is 8.20. The third kappa shape index (κ3) is 5.49. The molecule has 1 aliphatic rings. The third-order valence-electron chi connectivity index (χ3n) is 3.72. The van der Waals surface area contributed by atoms with Crippen molar-refractivity contribution in [1.29, 1.82) is 5.26 Å². The topological polar surface area (TPSA) is 81.0 Å². The minimum absolute atomic E-state index is 0.185. The van der Waals surface area contributed by atoms with Gasteiger partial charge in [-0.15, -0.1) is 0 Å². The highest BCUT2D eigenvalue weighted by atomic mass is 32.2. The zero-order chi connectivity index (χ0) is 17.7. The molecule has 1 aromatic carbocycles. The Labute approximate surface area is 133 Å². The number of quaternary nitrogens is 1. The van der Waals surface area contributed by atoms with Gasteiger partial charge >= 0.3 is 5.51 Å². The molecular weight excluding hydrogens is 333 g/mol. The van der Waals surface area contributed by atoms with Crippen LogP contribution in [0, 0.1) is 11.3 Å². The molecule has 0 saturated carbocycles. The van der Waals surface area contributed by atoms with Crippen molar-refractivity contribution in [3.05, 3.63) is 35.9 Å². The van der Waals surface area contributed by atoms with Crippen LogP contribution >= 0.6 is 0 Å². The summed E-state index contributed by atoms with van der Waals surface area (Å²) in [6.45, 7) is 2.12. The molecule has 0 bridgehead atoms. The molecule has 1 heterocycles. The monoisotopic (exact) mass is 350 g/mol. The summed E-state index contributed by atoms with van der Waals surface area (Å²) in [6.07, 6.45) is 2.24. The number of nitriles is 1. The highest BCUT2D eigenvalue weighted by Gasteiger charge is 2.38. The Balaban J connectivity index is 0.000000284. The molecule has 0 amide bonds. The van der Waals surface area contributed by atoms with Gasteiger partial charge in [0, 0.05) is 18.4 Å². The molecule has 2 atom stereocenters. The van der Waals surface area contributed by atoms with E-state index in [2.05, 4.69) is 37.4 Å². The van der Waals surface area contributed by atoms with Crippen LogP contribution in [0.4, 0.5) is 13.2 Å². The Kier molecular flexibility index (Phi) is 6.16. The lowest BCUT2D eigenvalue weighted by molar-refractivity contribution is -0.926. The van der Waals surface area contributed by atoms with Crippen LogP contribution in [0.3, 0.4) is 0 Å². The van der Waals surface area contributed by atoms with Crippen molar-refractivity contribution in [1.82, 2.24) is 0 Å². The van der Waals surface area contributed by atoms with E-state index < -0.39 is 15.6 Å². The van der Waals surface area contributed by atoms with Crippen LogP contribution in [0.1, 0.15) is 18.4 Å². The van der Waals surface area contributed by atoms with Crippen molar-refractivity contribution >= 4 is 10.1 Å². The van der Waals surface area contributed by atoms with Crippen LogP contribution in [-0.4, -0.2) is 42.6 Å². The molecule has 0 radical (unpaired) electrons. The summed E-state index contributed by atoms with van der Waals surface area (Å²) in [7, 11) is -3.89. The van der Waals surface area contributed by atoms with E-state index in [1.54, 1.807) is 0 Å². The Hall–Kier alpha value is -1.63. The molecule has 5 nitrogen and oxygen atoms in total. The first kappa shape index (κ1) is 19.4. The fourth-order valence-corrected chi connectivity index (χ4v) is 2.51. The largest absolute Gasteiger partial charge is 0.741 e. The number of rotatable bonds is 2. The van der Waals surface area contributed by atoms with Gasteiger partial charge in [0.25, 0.3) is 0 Å². The standard InChI is InChI=1S/C13H17N2.CHF3O3S/c1-15(9-5-8-13(15)10-14)11-12-6-3-2-4-7-12;2-1(3,4)8(5,6)7/h2-4,6-7,13H,5,8-9,11H2,1H3;(H,5,6,7)/q+1;/p-1/t13-,15?;/m0./s1. The first-order chi connectivity index (χ1) is 10.5. The SMILES string of the molecule is C[N+]1(Cc2ccccc2)CCC[C@H]1C#N.O=S(=O)([O-])C(F)(F)F. The van der Waals surface area contributed by atoms with Gasteiger partial charge in [-0.05, 0) is 0 Å². The minimum Gasteiger partial charge on any atom is -0.741 e. The summed E-state index contributed by atoms with van der Waals surface area (Å²) in [4.78, 5) is 0. The summed E-state index contributed by atoms with van der Waals surface area (Å²) in [5.41, 5.74) is -4.31. The van der Waals surface area contributed by atoms with E-state index in [4.69, 9.17) is 18.2 Å². The molecule has 1 aromatic rings. The Morgan fingerprint density at radius 2 is 1.87 bits per heavy atom. The van der Waals surface area contributed by atoms with Crippen LogP contribution in [0.2, 0.25) is 0 Å². The number of hydrogen-bond acceptors (Lipinski definition) is 4. The fourth-order valence-electron chi connectivity index (χ4n) is 2.51. The van der Waals surface area contributed by atoms with E-state index in [0.717, 1.165) is 24.0 Å². The van der Waals surface area contributed by atoms with Gasteiger partial charge in [0.1, 0.15) is 12.6 Å². The van der Waals surface area contributed by atoms with Crippen molar-refractivity contribution in [2.45, 2.75) is 30.9 Å². The molecule has 9 heteroatoms. The molecule has 1 saturated heterocycles. The van der Waals surface area contributed by atoms with Gasteiger partial charge < -0.3 is 9.04 Å². The third-order valence-corrected chi connectivity index (χ3v) is 4.28. The molecule has 2 rings (SSSR count). The van der Waals surface area contributed by atoms with Crippen LogP contribution in [0.5, 0.6) is 0 Å². The van der Waals surface area contributed by atoms with Crippen LogP contribution < -0.4 is 0 Å². The van der Waals surface area contributed by atoms with Crippen molar-refractivity contribution in [2.24, 2.45) is 0 Å². The van der Waals surface area contributed by atoms with Gasteiger partial charge in [-0.1, -0.05) is 30.3 Å². The van der Waals surface area contributed by atoms with Crippen molar-refractivity contribution < 1.29 is 30.6 Å². The summed E-state index contributed by atoms with van der Waals surface area (Å²) < 4.78 is 59.8. The predicted octanol–water partition coefficient (Wildman–Crippen LogP) is 2.37. The normalized spacial score (nSPS) is 24.4. The van der Waals surface area contributed by atoms with Crippen molar-refractivity contribution in [3.8, 4) is 6.07 Å². The van der Waals surface area contributed by atoms with E-state index in [1.165, 1.54) is 12.0 Å². The molecule has 1 aliphatic heterocycles. The van der Waals surface area contributed by atoms with Crippen LogP contribution in [-0.2, 0) is 16.7 Å². The second-order valence-corrected chi connectivity index (χ2v) is 6.90. The van der Waals surface area contributed by atoms with Gasteiger partial charge in [-0.25, -0.2) is 8.42 Å². The highest BCUT2D eigenvalue weighted by Crippen LogP contribution is 2.27. The lowest BCUT2D eigenvalue weighted by atomic mass is 10.1. The van der Waals surface area contributed by atoms with E-state index in [0.29, 0.717) is 0 Å². The number of likely N-dealkylation sites (tertiary alicyclic amines) is 1. The number of halogens is 3. The quantitative estimate of drug-likeness (QED) is 0.466. The lowest BCUT2D eigenvalue weighted by Gasteiger charge is -2.32. The van der Waals surface area contributed by atoms with E-state index in [1.807, 2.05) is 6.07 Å². The molecule has 1 unspecified atom stereocenters. The summed E-state index contributed by atoms with van der Waals surface area (Å²) in [5, 5.41) is 9.11. The maximum absolute atomic E-state index is 10.7. The second kappa shape index (κ2) is 7.29. The Bertz CT molecular complexity index is 656. The molecule has 0 N–H and O–H groups in total. The Morgan fingerprint density at radius 3 is 2.30 bits per heavy atom. The maximum Gasteiger partial charge on any atom is 0.485 e. The lowest BCUT2D eigenvalue weighted by Crippen LogP contribution is -2.46. The van der Waals surface area contributed by atoms with Gasteiger partial charge in [0.05, 0.1) is 13.6 Å². The van der Waals surface area contributed by atoms with E-state index >= 15 is 0 Å². The van der Waals surface area contributed by atoms with Crippen LogP contribution in [0.15, 0.2) is 30.3 Å². The summed E-state index contributed by atoms with van der Waals surface area (Å²) in [6, 6.07) is 13.1. The molecule has 23 heavy (non-hydrogen) atoms. The van der Waals surface area contributed by atoms with Gasteiger partial charge in [-0.2, -0.15) is 18.4 Å². The van der Waals surface area contributed by atoms with Crippen molar-refractivity contribution in [3.63, 3.8) is 0 Å². The molecule has 0 aliphatic carbocycles. The molecule has 128 valence electrons. The highest BCUT2D eigenvalue weighted by molar-refractivity contribution is 7.86.